The lowest BCUT2D eigenvalue weighted by Crippen LogP contribution is -2.21. The molecule has 1 heterocycles. The SMILES string of the molecule is [B][C@H]1CC(C)[C@@H](COCC)O1. The van der Waals surface area contributed by atoms with Crippen LogP contribution in [-0.4, -0.2) is 33.2 Å². The number of hydrogen-bond donors (Lipinski definition) is 0. The highest BCUT2D eigenvalue weighted by Gasteiger charge is 2.28. The van der Waals surface area contributed by atoms with Gasteiger partial charge in [-0.25, -0.2) is 0 Å². The van der Waals surface area contributed by atoms with Gasteiger partial charge in [-0.3, -0.25) is 0 Å². The molecule has 1 fully saturated rings. The lowest BCUT2D eigenvalue weighted by molar-refractivity contribution is -0.00135. The largest absolute Gasteiger partial charge is 0.382 e. The molecule has 1 unspecified atom stereocenters. The monoisotopic (exact) mass is 154 g/mol. The van der Waals surface area contributed by atoms with Crippen molar-refractivity contribution in [3.63, 3.8) is 0 Å². The molecule has 0 aromatic carbocycles. The Morgan fingerprint density at radius 1 is 1.64 bits per heavy atom. The molecule has 1 aliphatic rings. The molecule has 3 heteroatoms. The lowest BCUT2D eigenvalue weighted by Gasteiger charge is -2.14. The minimum Gasteiger partial charge on any atom is -0.382 e. The minimum atomic E-state index is -0.0737. The van der Waals surface area contributed by atoms with Gasteiger partial charge < -0.3 is 9.47 Å². The van der Waals surface area contributed by atoms with Crippen LogP contribution in [0, 0.1) is 5.92 Å². The molecule has 3 atom stereocenters. The van der Waals surface area contributed by atoms with Gasteiger partial charge in [0.25, 0.3) is 0 Å². The second kappa shape index (κ2) is 4.12. The maximum Gasteiger partial charge on any atom is 0.109 e. The van der Waals surface area contributed by atoms with Crippen molar-refractivity contribution in [1.29, 1.82) is 0 Å². The summed E-state index contributed by atoms with van der Waals surface area (Å²) in [5.74, 6) is 0.538. The first-order valence-corrected chi connectivity index (χ1v) is 4.22. The van der Waals surface area contributed by atoms with Gasteiger partial charge >= 0.3 is 0 Å². The Bertz CT molecular complexity index is 119. The Balaban J connectivity index is 2.23. The summed E-state index contributed by atoms with van der Waals surface area (Å²) >= 11 is 0. The molecular formula is C8H15BO2. The molecule has 2 radical (unpaired) electrons. The molecule has 0 N–H and O–H groups in total. The van der Waals surface area contributed by atoms with Crippen LogP contribution in [0.2, 0.25) is 0 Å². The summed E-state index contributed by atoms with van der Waals surface area (Å²) in [7, 11) is 5.61. The highest BCUT2D eigenvalue weighted by molar-refractivity contribution is 6.11. The average molecular weight is 154 g/mol. The van der Waals surface area contributed by atoms with Crippen molar-refractivity contribution in [3.8, 4) is 0 Å². The molecule has 0 aromatic rings. The van der Waals surface area contributed by atoms with Crippen molar-refractivity contribution in [2.75, 3.05) is 13.2 Å². The van der Waals surface area contributed by atoms with Gasteiger partial charge in [0.05, 0.1) is 12.7 Å². The molecule has 2 nitrogen and oxygen atoms in total. The van der Waals surface area contributed by atoms with E-state index in [0.717, 1.165) is 13.0 Å². The van der Waals surface area contributed by atoms with Crippen LogP contribution in [0.3, 0.4) is 0 Å². The number of ether oxygens (including phenoxy) is 2. The molecule has 0 bridgehead atoms. The van der Waals surface area contributed by atoms with E-state index in [1.165, 1.54) is 0 Å². The van der Waals surface area contributed by atoms with Crippen molar-refractivity contribution in [2.45, 2.75) is 32.4 Å². The second-order valence-corrected chi connectivity index (χ2v) is 3.09. The van der Waals surface area contributed by atoms with E-state index < -0.39 is 0 Å². The predicted octanol–water partition coefficient (Wildman–Crippen LogP) is 0.942. The van der Waals surface area contributed by atoms with Gasteiger partial charge in [-0.05, 0) is 19.3 Å². The summed E-state index contributed by atoms with van der Waals surface area (Å²) in [6.45, 7) is 5.57. The first-order valence-electron chi connectivity index (χ1n) is 4.22. The highest BCUT2D eigenvalue weighted by atomic mass is 16.5. The summed E-state index contributed by atoms with van der Waals surface area (Å²) in [5.41, 5.74) is 0. The van der Waals surface area contributed by atoms with Gasteiger partial charge in [-0.2, -0.15) is 0 Å². The minimum absolute atomic E-state index is 0.0737. The average Bonchev–Trinajstić information content (AvgIpc) is 2.26. The Morgan fingerprint density at radius 2 is 2.36 bits per heavy atom. The summed E-state index contributed by atoms with van der Waals surface area (Å²) < 4.78 is 10.7. The van der Waals surface area contributed by atoms with Crippen LogP contribution < -0.4 is 0 Å². The normalized spacial score (nSPS) is 37.8. The van der Waals surface area contributed by atoms with E-state index in [9.17, 15) is 0 Å². The first kappa shape index (κ1) is 9.08. The van der Waals surface area contributed by atoms with Crippen LogP contribution in [-0.2, 0) is 9.47 Å². The van der Waals surface area contributed by atoms with Gasteiger partial charge in [-0.15, -0.1) is 0 Å². The van der Waals surface area contributed by atoms with Crippen LogP contribution in [0.1, 0.15) is 20.3 Å². The fourth-order valence-corrected chi connectivity index (χ4v) is 1.37. The smallest absolute Gasteiger partial charge is 0.109 e. The van der Waals surface area contributed by atoms with Gasteiger partial charge in [0.1, 0.15) is 7.85 Å². The molecule has 0 aliphatic carbocycles. The van der Waals surface area contributed by atoms with E-state index in [2.05, 4.69) is 6.92 Å². The predicted molar refractivity (Wildman–Crippen MR) is 44.7 cm³/mol. The summed E-state index contributed by atoms with van der Waals surface area (Å²) in [6.07, 6.45) is 1.17. The van der Waals surface area contributed by atoms with Crippen LogP contribution in [0.25, 0.3) is 0 Å². The standard InChI is InChI=1S/C8H15BO2/c1-3-10-5-7-6(2)4-8(9)11-7/h6-8H,3-5H2,1-2H3/t6?,7-,8-/m1/s1. The zero-order valence-electron chi connectivity index (χ0n) is 7.25. The van der Waals surface area contributed by atoms with E-state index in [1.807, 2.05) is 6.92 Å². The fourth-order valence-electron chi connectivity index (χ4n) is 1.37. The second-order valence-electron chi connectivity index (χ2n) is 3.09. The third-order valence-electron chi connectivity index (χ3n) is 2.07. The molecule has 1 saturated heterocycles. The molecule has 1 rings (SSSR count). The van der Waals surface area contributed by atoms with Gasteiger partial charge in [0.2, 0.25) is 0 Å². The van der Waals surface area contributed by atoms with E-state index in [-0.39, 0.29) is 12.1 Å². The van der Waals surface area contributed by atoms with Crippen molar-refractivity contribution >= 4 is 7.85 Å². The third-order valence-corrected chi connectivity index (χ3v) is 2.07. The summed E-state index contributed by atoms with van der Waals surface area (Å²) in [4.78, 5) is 0. The van der Waals surface area contributed by atoms with Crippen LogP contribution in [0.5, 0.6) is 0 Å². The van der Waals surface area contributed by atoms with Crippen molar-refractivity contribution in [2.24, 2.45) is 5.92 Å². The fraction of sp³-hybridized carbons (Fsp3) is 1.00. The molecular weight excluding hydrogens is 139 g/mol. The van der Waals surface area contributed by atoms with E-state index in [1.54, 1.807) is 0 Å². The van der Waals surface area contributed by atoms with Crippen LogP contribution >= 0.6 is 0 Å². The van der Waals surface area contributed by atoms with Crippen molar-refractivity contribution in [3.05, 3.63) is 0 Å². The van der Waals surface area contributed by atoms with Crippen LogP contribution in [0.4, 0.5) is 0 Å². The van der Waals surface area contributed by atoms with E-state index in [4.69, 9.17) is 17.3 Å². The van der Waals surface area contributed by atoms with E-state index >= 15 is 0 Å². The van der Waals surface area contributed by atoms with Crippen LogP contribution in [0.15, 0.2) is 0 Å². The van der Waals surface area contributed by atoms with Crippen molar-refractivity contribution < 1.29 is 9.47 Å². The Hall–Kier alpha value is -0.0151. The first-order chi connectivity index (χ1) is 5.24. The summed E-state index contributed by atoms with van der Waals surface area (Å²) in [6, 6.07) is -0.0737. The Kier molecular flexibility index (Phi) is 3.40. The topological polar surface area (TPSA) is 18.5 Å². The van der Waals surface area contributed by atoms with Gasteiger partial charge in [0.15, 0.2) is 0 Å². The molecule has 1 aliphatic heterocycles. The quantitative estimate of drug-likeness (QED) is 0.563. The number of hydrogen-bond acceptors (Lipinski definition) is 2. The zero-order chi connectivity index (χ0) is 8.27. The number of rotatable bonds is 3. The highest BCUT2D eigenvalue weighted by Crippen LogP contribution is 2.24. The third kappa shape index (κ3) is 2.49. The molecule has 0 amide bonds. The van der Waals surface area contributed by atoms with Gasteiger partial charge in [-0.1, -0.05) is 6.92 Å². The van der Waals surface area contributed by atoms with E-state index in [0.29, 0.717) is 12.5 Å². The maximum absolute atomic E-state index is 5.61. The van der Waals surface area contributed by atoms with Gasteiger partial charge in [0, 0.05) is 12.6 Å². The molecule has 11 heavy (non-hydrogen) atoms. The Morgan fingerprint density at radius 3 is 2.82 bits per heavy atom. The molecule has 0 saturated carbocycles. The molecule has 62 valence electrons. The summed E-state index contributed by atoms with van der Waals surface area (Å²) in [5, 5.41) is 0. The molecule has 0 spiro atoms. The lowest BCUT2D eigenvalue weighted by atomic mass is 9.92. The molecule has 0 aromatic heterocycles. The van der Waals surface area contributed by atoms with Crippen molar-refractivity contribution in [1.82, 2.24) is 0 Å². The zero-order valence-corrected chi connectivity index (χ0v) is 7.25. The Labute approximate surface area is 69.7 Å². The maximum atomic E-state index is 5.61.